The molecule has 4 unspecified atom stereocenters. The van der Waals surface area contributed by atoms with Crippen molar-refractivity contribution in [2.45, 2.75) is 43.2 Å². The lowest BCUT2D eigenvalue weighted by Crippen LogP contribution is -2.41. The minimum absolute atomic E-state index is 0.0171. The van der Waals surface area contributed by atoms with E-state index in [1.54, 1.807) is 7.11 Å². The van der Waals surface area contributed by atoms with Crippen LogP contribution >= 0.6 is 11.6 Å². The molecule has 1 aromatic rings. The van der Waals surface area contributed by atoms with Crippen LogP contribution < -0.4 is 4.74 Å². The molecule has 0 bridgehead atoms. The maximum absolute atomic E-state index is 13.7. The molecule has 2 fully saturated rings. The second-order valence-corrected chi connectivity index (χ2v) is 9.88. The first kappa shape index (κ1) is 22.7. The molecule has 0 spiro atoms. The Kier molecular flexibility index (Phi) is 6.63. The maximum atomic E-state index is 13.7. The zero-order valence-corrected chi connectivity index (χ0v) is 19.8. The van der Waals surface area contributed by atoms with Gasteiger partial charge in [-0.1, -0.05) is 12.1 Å². The highest BCUT2D eigenvalue weighted by molar-refractivity contribution is 6.21. The number of nitrogens with zero attached hydrogens (tertiary/aromatic N) is 2. The minimum Gasteiger partial charge on any atom is -0.497 e. The Labute approximate surface area is 199 Å². The number of benzene rings is 1. The molecular formula is C25H31ClN2O5. The van der Waals surface area contributed by atoms with Crippen LogP contribution in [0.15, 0.2) is 35.6 Å². The van der Waals surface area contributed by atoms with Gasteiger partial charge in [0.05, 0.1) is 37.9 Å². The fraction of sp³-hybridized carbons (Fsp3) is 0.600. The molecule has 1 aromatic carbocycles. The van der Waals surface area contributed by atoms with Crippen LogP contribution in [0.4, 0.5) is 0 Å². The van der Waals surface area contributed by atoms with E-state index in [0.717, 1.165) is 51.3 Å². The summed E-state index contributed by atoms with van der Waals surface area (Å²) >= 11 is 6.41. The number of alkyl halides is 1. The Morgan fingerprint density at radius 3 is 2.76 bits per heavy atom. The predicted octanol–water partition coefficient (Wildman–Crippen LogP) is 2.93. The number of rotatable bonds is 6. The summed E-state index contributed by atoms with van der Waals surface area (Å²) < 4.78 is 17.1. The molecule has 3 aliphatic heterocycles. The van der Waals surface area contributed by atoms with Crippen molar-refractivity contribution < 1.29 is 23.8 Å². The van der Waals surface area contributed by atoms with Gasteiger partial charge in [0.25, 0.3) is 5.91 Å². The molecule has 4 atom stereocenters. The number of ketones is 1. The fourth-order valence-corrected chi connectivity index (χ4v) is 5.86. The SMILES string of the molecule is COc1cccc(C2C3=C(OC4CCC(Cl)CC4C3=O)C(=O)N2CCCN2CCOCC2)c1. The summed E-state index contributed by atoms with van der Waals surface area (Å²) in [6.07, 6.45) is 2.66. The average molecular weight is 475 g/mol. The van der Waals surface area contributed by atoms with Gasteiger partial charge in [-0.05, 0) is 43.4 Å². The van der Waals surface area contributed by atoms with Crippen LogP contribution in [0.3, 0.4) is 0 Å². The summed E-state index contributed by atoms with van der Waals surface area (Å²) in [6.45, 7) is 4.75. The van der Waals surface area contributed by atoms with E-state index in [4.69, 9.17) is 25.8 Å². The Balaban J connectivity index is 1.43. The van der Waals surface area contributed by atoms with Gasteiger partial charge < -0.3 is 19.1 Å². The third-order valence-corrected chi connectivity index (χ3v) is 7.66. The number of methoxy groups -OCH3 is 1. The Morgan fingerprint density at radius 2 is 1.97 bits per heavy atom. The van der Waals surface area contributed by atoms with Crippen molar-refractivity contribution >= 4 is 23.3 Å². The van der Waals surface area contributed by atoms with Crippen LogP contribution in [-0.2, 0) is 19.1 Å². The predicted molar refractivity (Wildman–Crippen MR) is 123 cm³/mol. The Morgan fingerprint density at radius 1 is 1.15 bits per heavy atom. The number of halogens is 1. The summed E-state index contributed by atoms with van der Waals surface area (Å²) in [5.74, 6) is 0.494. The summed E-state index contributed by atoms with van der Waals surface area (Å²) in [7, 11) is 1.62. The molecule has 5 rings (SSSR count). The lowest BCUT2D eigenvalue weighted by Gasteiger charge is -2.37. The third kappa shape index (κ3) is 4.38. The van der Waals surface area contributed by atoms with Crippen molar-refractivity contribution in [3.8, 4) is 5.75 Å². The fourth-order valence-electron chi connectivity index (χ4n) is 5.54. The molecule has 4 aliphatic rings. The van der Waals surface area contributed by atoms with Gasteiger partial charge in [-0.2, -0.15) is 0 Å². The topological polar surface area (TPSA) is 68.3 Å². The van der Waals surface area contributed by atoms with Crippen LogP contribution in [0.5, 0.6) is 5.75 Å². The van der Waals surface area contributed by atoms with Crippen LogP contribution in [-0.4, -0.2) is 79.5 Å². The molecule has 3 heterocycles. The number of carbonyl (C=O) groups excluding carboxylic acids is 2. The molecule has 7 nitrogen and oxygen atoms in total. The van der Waals surface area contributed by atoms with Crippen molar-refractivity contribution in [2.24, 2.45) is 5.92 Å². The minimum atomic E-state index is -0.462. The van der Waals surface area contributed by atoms with Crippen molar-refractivity contribution in [3.05, 3.63) is 41.2 Å². The summed E-state index contributed by atoms with van der Waals surface area (Å²) in [5.41, 5.74) is 1.36. The lowest BCUT2D eigenvalue weighted by atomic mass is 9.77. The Hall–Kier alpha value is -2.09. The quantitative estimate of drug-likeness (QED) is 0.590. The van der Waals surface area contributed by atoms with E-state index in [-0.39, 0.29) is 34.8 Å². The lowest BCUT2D eigenvalue weighted by molar-refractivity contribution is -0.135. The molecule has 1 saturated carbocycles. The third-order valence-electron chi connectivity index (χ3n) is 7.27. The van der Waals surface area contributed by atoms with E-state index in [9.17, 15) is 9.59 Å². The molecule has 0 aromatic heterocycles. The molecular weight excluding hydrogens is 444 g/mol. The highest BCUT2D eigenvalue weighted by Gasteiger charge is 2.52. The zero-order valence-electron chi connectivity index (χ0n) is 19.0. The molecule has 0 N–H and O–H groups in total. The van der Waals surface area contributed by atoms with Crippen LogP contribution in [0.1, 0.15) is 37.3 Å². The van der Waals surface area contributed by atoms with Gasteiger partial charge in [-0.15, -0.1) is 11.6 Å². The number of amides is 1. The Bertz CT molecular complexity index is 944. The van der Waals surface area contributed by atoms with E-state index < -0.39 is 6.04 Å². The zero-order chi connectivity index (χ0) is 22.9. The number of Topliss-reactive ketones (excluding diaryl/α,β-unsaturated/α-hetero) is 1. The first-order chi connectivity index (χ1) is 16.1. The first-order valence-corrected chi connectivity index (χ1v) is 12.3. The number of hydrogen-bond donors (Lipinski definition) is 0. The first-order valence-electron chi connectivity index (χ1n) is 11.9. The highest BCUT2D eigenvalue weighted by atomic mass is 35.5. The van der Waals surface area contributed by atoms with Crippen LogP contribution in [0.2, 0.25) is 0 Å². The second kappa shape index (κ2) is 9.65. The molecule has 0 radical (unpaired) electrons. The van der Waals surface area contributed by atoms with Gasteiger partial charge in [-0.3, -0.25) is 14.5 Å². The molecule has 1 aliphatic carbocycles. The second-order valence-electron chi connectivity index (χ2n) is 9.27. The monoisotopic (exact) mass is 474 g/mol. The van der Waals surface area contributed by atoms with Gasteiger partial charge >= 0.3 is 0 Å². The van der Waals surface area contributed by atoms with Gasteiger partial charge in [0.15, 0.2) is 11.5 Å². The van der Waals surface area contributed by atoms with Crippen molar-refractivity contribution in [1.29, 1.82) is 0 Å². The number of hydrogen-bond acceptors (Lipinski definition) is 6. The van der Waals surface area contributed by atoms with Crippen LogP contribution in [0, 0.1) is 5.92 Å². The van der Waals surface area contributed by atoms with Crippen molar-refractivity contribution in [3.63, 3.8) is 0 Å². The maximum Gasteiger partial charge on any atom is 0.290 e. The van der Waals surface area contributed by atoms with Crippen molar-refractivity contribution in [2.75, 3.05) is 46.5 Å². The van der Waals surface area contributed by atoms with Crippen LogP contribution in [0.25, 0.3) is 0 Å². The van der Waals surface area contributed by atoms with E-state index in [2.05, 4.69) is 4.90 Å². The summed E-state index contributed by atoms with van der Waals surface area (Å²) in [6, 6.07) is 7.17. The number of morpholine rings is 1. The molecule has 33 heavy (non-hydrogen) atoms. The number of ether oxygens (including phenoxy) is 3. The van der Waals surface area contributed by atoms with E-state index >= 15 is 0 Å². The largest absolute Gasteiger partial charge is 0.497 e. The smallest absolute Gasteiger partial charge is 0.290 e. The van der Waals surface area contributed by atoms with Crippen molar-refractivity contribution in [1.82, 2.24) is 9.80 Å². The van der Waals surface area contributed by atoms with E-state index in [0.29, 0.717) is 30.7 Å². The van der Waals surface area contributed by atoms with Gasteiger partial charge in [0, 0.05) is 31.6 Å². The molecule has 8 heteroatoms. The van der Waals surface area contributed by atoms with E-state index in [1.807, 2.05) is 29.2 Å². The normalized spacial score (nSPS) is 30.2. The molecule has 1 saturated heterocycles. The summed E-state index contributed by atoms with van der Waals surface area (Å²) in [5, 5.41) is -0.0297. The van der Waals surface area contributed by atoms with Gasteiger partial charge in [0.2, 0.25) is 0 Å². The molecule has 178 valence electrons. The summed E-state index contributed by atoms with van der Waals surface area (Å²) in [4.78, 5) is 31.4. The van der Waals surface area contributed by atoms with Gasteiger partial charge in [0.1, 0.15) is 11.9 Å². The highest BCUT2D eigenvalue weighted by Crippen LogP contribution is 2.47. The van der Waals surface area contributed by atoms with Gasteiger partial charge in [-0.25, -0.2) is 0 Å². The van der Waals surface area contributed by atoms with E-state index in [1.165, 1.54) is 0 Å². The molecule has 1 amide bonds. The number of fused-ring (bicyclic) bond motifs is 1. The number of carbonyl (C=O) groups is 2. The standard InChI is InChI=1S/C25H31ClN2O5/c1-31-18-5-2-4-16(14-18)22-21-23(29)19-15-17(26)6-7-20(19)33-24(21)25(30)28(22)9-3-8-27-10-12-32-13-11-27/h2,4-5,14,17,19-20,22H,3,6-13,15H2,1H3. The average Bonchev–Trinajstić information content (AvgIpc) is 3.12.